The highest BCUT2D eigenvalue weighted by molar-refractivity contribution is 7.99. The first kappa shape index (κ1) is 13.5. The summed E-state index contributed by atoms with van der Waals surface area (Å²) in [7, 11) is 1.56. The van der Waals surface area contributed by atoms with Crippen LogP contribution in [0.3, 0.4) is 0 Å². The lowest BCUT2D eigenvalue weighted by atomic mass is 10.2. The zero-order chi connectivity index (χ0) is 13.0. The van der Waals surface area contributed by atoms with Crippen molar-refractivity contribution in [3.63, 3.8) is 0 Å². The van der Waals surface area contributed by atoms with Crippen LogP contribution in [0.5, 0.6) is 0 Å². The molecule has 8 nitrogen and oxygen atoms in total. The molecule has 94 valence electrons. The van der Waals surface area contributed by atoms with Gasteiger partial charge in [-0.25, -0.2) is 5.84 Å². The van der Waals surface area contributed by atoms with Gasteiger partial charge in [-0.3, -0.25) is 29.6 Å². The lowest BCUT2D eigenvalue weighted by molar-refractivity contribution is -0.123. The van der Waals surface area contributed by atoms with Crippen LogP contribution >= 0.6 is 11.8 Å². The van der Waals surface area contributed by atoms with Gasteiger partial charge in [-0.15, -0.1) is 0 Å². The molecule has 1 unspecified atom stereocenters. The number of rotatable bonds is 4. The molecular weight excluding hydrogens is 246 g/mol. The number of aromatic amines is 1. The average Bonchev–Trinajstić information content (AvgIpc) is 2.30. The Hall–Kier alpha value is -1.61. The quantitative estimate of drug-likeness (QED) is 0.192. The molecule has 1 aromatic rings. The smallest absolute Gasteiger partial charge is 0.294 e. The maximum atomic E-state index is 11.1. The summed E-state index contributed by atoms with van der Waals surface area (Å²) in [6, 6.07) is 0. The molecule has 0 radical (unpaired) electrons. The lowest BCUT2D eigenvalue weighted by Crippen LogP contribution is -2.36. The van der Waals surface area contributed by atoms with Crippen molar-refractivity contribution in [2.75, 3.05) is 5.75 Å². The number of nitrogens with one attached hydrogen (secondary N) is 2. The number of carbonyl (C=O) groups excluding carboxylic acids is 1. The minimum absolute atomic E-state index is 0.299. The molecule has 9 heteroatoms. The standard InChI is InChI=1S/C8H13N5O3S/c1-4(5(14)11-9)3-17-8-10-6(15)7(16)12-13(8)2/h4H,3,9H2,1-2H3,(H,11,14)(H,12,16). The van der Waals surface area contributed by atoms with E-state index in [1.54, 1.807) is 14.0 Å². The first-order chi connectivity index (χ1) is 7.95. The van der Waals surface area contributed by atoms with Crippen molar-refractivity contribution in [1.82, 2.24) is 20.2 Å². The number of hydrazine groups is 1. The lowest BCUT2D eigenvalue weighted by Gasteiger charge is -2.10. The number of hydrogen-bond donors (Lipinski definition) is 3. The van der Waals surface area contributed by atoms with Crippen LogP contribution in [0.4, 0.5) is 0 Å². The highest BCUT2D eigenvalue weighted by Gasteiger charge is 2.13. The van der Waals surface area contributed by atoms with E-state index in [0.29, 0.717) is 10.9 Å². The summed E-state index contributed by atoms with van der Waals surface area (Å²) >= 11 is 1.19. The summed E-state index contributed by atoms with van der Waals surface area (Å²) in [5.74, 6) is 4.76. The summed E-state index contributed by atoms with van der Waals surface area (Å²) in [6.45, 7) is 1.69. The Labute approximate surface area is 101 Å². The number of nitrogens with two attached hydrogens (primary N) is 1. The fourth-order valence-electron chi connectivity index (χ4n) is 1.01. The third-order valence-electron chi connectivity index (χ3n) is 2.00. The molecule has 0 aliphatic carbocycles. The highest BCUT2D eigenvalue weighted by Crippen LogP contribution is 2.15. The van der Waals surface area contributed by atoms with E-state index in [1.165, 1.54) is 16.4 Å². The fraction of sp³-hybridized carbons (Fsp3) is 0.500. The maximum absolute atomic E-state index is 11.1. The second-order valence-corrected chi connectivity index (χ2v) is 4.41. The number of hydrogen-bond acceptors (Lipinski definition) is 6. The van der Waals surface area contributed by atoms with Crippen LogP contribution in [0, 0.1) is 5.92 Å². The van der Waals surface area contributed by atoms with E-state index in [-0.39, 0.29) is 11.8 Å². The van der Waals surface area contributed by atoms with Crippen LogP contribution in [0.15, 0.2) is 14.7 Å². The SMILES string of the molecule is CC(CSc1nc(=O)c(=O)[nH]n1C)C(=O)NN. The summed E-state index contributed by atoms with van der Waals surface area (Å²) < 4.78 is 1.33. The largest absolute Gasteiger partial charge is 0.339 e. The molecule has 0 saturated heterocycles. The zero-order valence-corrected chi connectivity index (χ0v) is 10.2. The van der Waals surface area contributed by atoms with Crippen LogP contribution < -0.4 is 22.4 Å². The topological polar surface area (TPSA) is 123 Å². The van der Waals surface area contributed by atoms with Crippen LogP contribution in [0.1, 0.15) is 6.92 Å². The van der Waals surface area contributed by atoms with Gasteiger partial charge in [-0.05, 0) is 0 Å². The molecule has 0 fully saturated rings. The molecule has 1 rings (SSSR count). The Bertz CT molecular complexity index is 523. The van der Waals surface area contributed by atoms with Crippen LogP contribution in [0.2, 0.25) is 0 Å². The Morgan fingerprint density at radius 2 is 2.29 bits per heavy atom. The van der Waals surface area contributed by atoms with Crippen LogP contribution in [-0.4, -0.2) is 26.4 Å². The van der Waals surface area contributed by atoms with E-state index < -0.39 is 11.1 Å². The van der Waals surface area contributed by atoms with Gasteiger partial charge in [0, 0.05) is 18.7 Å². The van der Waals surface area contributed by atoms with Crippen LogP contribution in [-0.2, 0) is 11.8 Å². The number of aryl methyl sites for hydroxylation is 1. The molecular formula is C8H13N5O3S. The third-order valence-corrected chi connectivity index (χ3v) is 3.29. The normalized spacial score (nSPS) is 12.2. The highest BCUT2D eigenvalue weighted by atomic mass is 32.2. The summed E-state index contributed by atoms with van der Waals surface area (Å²) in [6.07, 6.45) is 0. The molecule has 1 atom stereocenters. The molecule has 17 heavy (non-hydrogen) atoms. The van der Waals surface area contributed by atoms with Crippen molar-refractivity contribution >= 4 is 17.7 Å². The Morgan fingerprint density at radius 1 is 1.65 bits per heavy atom. The van der Waals surface area contributed by atoms with Gasteiger partial charge in [0.05, 0.1) is 0 Å². The van der Waals surface area contributed by atoms with Crippen molar-refractivity contribution < 1.29 is 4.79 Å². The van der Waals surface area contributed by atoms with Crippen molar-refractivity contribution in [3.8, 4) is 0 Å². The predicted octanol–water partition coefficient (Wildman–Crippen LogP) is -1.81. The molecule has 0 aliphatic rings. The monoisotopic (exact) mass is 259 g/mol. The predicted molar refractivity (Wildman–Crippen MR) is 62.3 cm³/mol. The van der Waals surface area contributed by atoms with E-state index in [2.05, 4.69) is 10.1 Å². The summed E-state index contributed by atoms with van der Waals surface area (Å²) in [4.78, 5) is 36.7. The number of thioether (sulfide) groups is 1. The van der Waals surface area contributed by atoms with Gasteiger partial charge in [0.15, 0.2) is 5.16 Å². The molecule has 0 saturated carbocycles. The number of amides is 1. The molecule has 0 spiro atoms. The minimum atomic E-state index is -0.846. The molecule has 0 aliphatic heterocycles. The average molecular weight is 259 g/mol. The van der Waals surface area contributed by atoms with Crippen LogP contribution in [0.25, 0.3) is 0 Å². The second-order valence-electron chi connectivity index (χ2n) is 3.42. The summed E-state index contributed by atoms with van der Waals surface area (Å²) in [5, 5.41) is 2.65. The molecule has 0 bridgehead atoms. The van der Waals surface area contributed by atoms with Gasteiger partial charge in [0.1, 0.15) is 0 Å². The van der Waals surface area contributed by atoms with E-state index >= 15 is 0 Å². The number of aromatic nitrogens is 3. The molecule has 1 amide bonds. The number of H-pyrrole nitrogens is 1. The van der Waals surface area contributed by atoms with E-state index in [4.69, 9.17) is 5.84 Å². The van der Waals surface area contributed by atoms with Crippen molar-refractivity contribution in [2.24, 2.45) is 18.8 Å². The van der Waals surface area contributed by atoms with E-state index in [1.807, 2.05) is 5.43 Å². The Kier molecular flexibility index (Phi) is 4.46. The number of nitrogens with zero attached hydrogens (tertiary/aromatic N) is 2. The van der Waals surface area contributed by atoms with Gasteiger partial charge < -0.3 is 0 Å². The van der Waals surface area contributed by atoms with Crippen molar-refractivity contribution in [1.29, 1.82) is 0 Å². The first-order valence-corrected chi connectivity index (χ1v) is 5.75. The molecule has 0 aromatic carbocycles. The fourth-order valence-corrected chi connectivity index (χ4v) is 1.94. The van der Waals surface area contributed by atoms with Gasteiger partial charge >= 0.3 is 11.1 Å². The van der Waals surface area contributed by atoms with Crippen molar-refractivity contribution in [2.45, 2.75) is 12.1 Å². The molecule has 4 N–H and O–H groups in total. The van der Waals surface area contributed by atoms with E-state index in [0.717, 1.165) is 0 Å². The molecule has 1 aromatic heterocycles. The van der Waals surface area contributed by atoms with Crippen molar-refractivity contribution in [3.05, 3.63) is 20.7 Å². The molecule has 1 heterocycles. The third kappa shape index (κ3) is 3.43. The Balaban J connectivity index is 2.77. The van der Waals surface area contributed by atoms with Gasteiger partial charge in [-0.2, -0.15) is 4.98 Å². The van der Waals surface area contributed by atoms with Gasteiger partial charge in [-0.1, -0.05) is 18.7 Å². The van der Waals surface area contributed by atoms with Gasteiger partial charge in [0.2, 0.25) is 5.91 Å². The van der Waals surface area contributed by atoms with E-state index in [9.17, 15) is 14.4 Å². The second kappa shape index (κ2) is 5.64. The minimum Gasteiger partial charge on any atom is -0.294 e. The summed E-state index contributed by atoms with van der Waals surface area (Å²) in [5.41, 5.74) is 0.418. The Morgan fingerprint density at radius 3 is 2.88 bits per heavy atom. The van der Waals surface area contributed by atoms with Gasteiger partial charge in [0.25, 0.3) is 0 Å². The number of carbonyl (C=O) groups is 1. The maximum Gasteiger partial charge on any atom is 0.339 e. The zero-order valence-electron chi connectivity index (χ0n) is 9.39. The first-order valence-electron chi connectivity index (χ1n) is 4.76.